The quantitative estimate of drug-likeness (QED) is 0.667. The number of halogens is 2. The van der Waals surface area contributed by atoms with Gasteiger partial charge in [-0.3, -0.25) is 4.79 Å². The van der Waals surface area contributed by atoms with Crippen LogP contribution in [0, 0.1) is 5.82 Å². The van der Waals surface area contributed by atoms with E-state index in [-0.39, 0.29) is 11.5 Å². The fraction of sp³-hybridized carbons (Fsp3) is 0. The number of thiophene rings is 1. The van der Waals surface area contributed by atoms with Crippen LogP contribution in [-0.4, -0.2) is 5.78 Å². The number of hydrogen-bond donors (Lipinski definition) is 1. The molecular weight excluding hydrogens is 273 g/mol. The number of benzene rings is 1. The van der Waals surface area contributed by atoms with Gasteiger partial charge in [-0.15, -0.1) is 11.3 Å². The minimum absolute atomic E-state index is 0.119. The minimum Gasteiger partial charge on any atom is -0.359 e. The van der Waals surface area contributed by atoms with Crippen LogP contribution in [0.25, 0.3) is 0 Å². The van der Waals surface area contributed by atoms with E-state index in [0.717, 1.165) is 0 Å². The Kier molecular flexibility index (Phi) is 4.12. The van der Waals surface area contributed by atoms with Gasteiger partial charge in [-0.1, -0.05) is 17.7 Å². The average Bonchev–Trinajstić information content (AvgIpc) is 2.85. The van der Waals surface area contributed by atoms with E-state index in [9.17, 15) is 9.18 Å². The van der Waals surface area contributed by atoms with Crippen LogP contribution in [0.3, 0.4) is 0 Å². The van der Waals surface area contributed by atoms with E-state index in [1.165, 1.54) is 35.7 Å². The molecule has 1 heterocycles. The van der Waals surface area contributed by atoms with Crippen molar-refractivity contribution < 1.29 is 9.18 Å². The van der Waals surface area contributed by atoms with Crippen molar-refractivity contribution in [1.82, 2.24) is 0 Å². The van der Waals surface area contributed by atoms with Crippen LogP contribution in [0.4, 0.5) is 10.1 Å². The third-order valence-electron chi connectivity index (χ3n) is 2.17. The van der Waals surface area contributed by atoms with Crippen molar-refractivity contribution in [3.8, 4) is 0 Å². The molecule has 0 aliphatic carbocycles. The molecule has 5 heteroatoms. The van der Waals surface area contributed by atoms with E-state index in [4.69, 9.17) is 11.6 Å². The summed E-state index contributed by atoms with van der Waals surface area (Å²) in [7, 11) is 0. The van der Waals surface area contributed by atoms with Crippen molar-refractivity contribution >= 4 is 34.4 Å². The van der Waals surface area contributed by atoms with E-state index < -0.39 is 5.82 Å². The first-order chi connectivity index (χ1) is 8.66. The van der Waals surface area contributed by atoms with Crippen molar-refractivity contribution in [3.63, 3.8) is 0 Å². The van der Waals surface area contributed by atoms with Crippen LogP contribution in [0.15, 0.2) is 48.0 Å². The SMILES string of the molecule is O=C(/C=C\Nc1ccc(Cl)cc1F)c1cccs1. The lowest BCUT2D eigenvalue weighted by Crippen LogP contribution is -1.95. The molecule has 0 unspecified atom stereocenters. The summed E-state index contributed by atoms with van der Waals surface area (Å²) in [5.74, 6) is -0.581. The third-order valence-corrected chi connectivity index (χ3v) is 3.29. The number of hydrogen-bond acceptors (Lipinski definition) is 3. The second kappa shape index (κ2) is 5.80. The Bertz CT molecular complexity index is 581. The molecule has 0 spiro atoms. The normalized spacial score (nSPS) is 10.8. The monoisotopic (exact) mass is 281 g/mol. The predicted molar refractivity (Wildman–Crippen MR) is 72.8 cm³/mol. The molecule has 0 amide bonds. The molecule has 92 valence electrons. The van der Waals surface area contributed by atoms with Crippen LogP contribution < -0.4 is 5.32 Å². The molecule has 0 aliphatic rings. The molecule has 18 heavy (non-hydrogen) atoms. The summed E-state index contributed by atoms with van der Waals surface area (Å²) in [4.78, 5) is 12.2. The van der Waals surface area contributed by atoms with Gasteiger partial charge in [0.25, 0.3) is 0 Å². The number of carbonyl (C=O) groups is 1. The van der Waals surface area contributed by atoms with E-state index in [1.807, 2.05) is 5.38 Å². The second-order valence-electron chi connectivity index (χ2n) is 3.44. The zero-order valence-electron chi connectivity index (χ0n) is 9.19. The fourth-order valence-electron chi connectivity index (χ4n) is 1.31. The van der Waals surface area contributed by atoms with Crippen molar-refractivity contribution in [1.29, 1.82) is 0 Å². The number of ketones is 1. The molecule has 0 atom stereocenters. The molecule has 0 bridgehead atoms. The minimum atomic E-state index is -0.462. The Balaban J connectivity index is 2.01. The highest BCUT2D eigenvalue weighted by Crippen LogP contribution is 2.18. The summed E-state index contributed by atoms with van der Waals surface area (Å²) in [5.41, 5.74) is 0.273. The number of anilines is 1. The lowest BCUT2D eigenvalue weighted by atomic mass is 10.3. The average molecular weight is 282 g/mol. The van der Waals surface area contributed by atoms with Gasteiger partial charge in [0, 0.05) is 17.3 Å². The molecule has 0 radical (unpaired) electrons. The summed E-state index contributed by atoms with van der Waals surface area (Å²) in [6.45, 7) is 0. The summed E-state index contributed by atoms with van der Waals surface area (Å²) >= 11 is 6.99. The maximum absolute atomic E-state index is 13.4. The maximum atomic E-state index is 13.4. The van der Waals surface area contributed by atoms with Gasteiger partial charge in [-0.25, -0.2) is 4.39 Å². The molecule has 2 nitrogen and oxygen atoms in total. The molecule has 1 aromatic carbocycles. The van der Waals surface area contributed by atoms with Gasteiger partial charge < -0.3 is 5.32 Å². The highest BCUT2D eigenvalue weighted by molar-refractivity contribution is 7.12. The van der Waals surface area contributed by atoms with E-state index in [1.54, 1.807) is 18.2 Å². The molecule has 0 saturated carbocycles. The highest BCUT2D eigenvalue weighted by atomic mass is 35.5. The van der Waals surface area contributed by atoms with Crippen molar-refractivity contribution in [2.24, 2.45) is 0 Å². The van der Waals surface area contributed by atoms with Gasteiger partial charge in [0.05, 0.1) is 10.6 Å². The molecule has 1 aromatic heterocycles. The first kappa shape index (κ1) is 12.8. The molecule has 2 aromatic rings. The Morgan fingerprint density at radius 3 is 2.89 bits per heavy atom. The van der Waals surface area contributed by atoms with Crippen LogP contribution >= 0.6 is 22.9 Å². The smallest absolute Gasteiger partial charge is 0.197 e. The van der Waals surface area contributed by atoms with Crippen LogP contribution in [0.5, 0.6) is 0 Å². The molecule has 1 N–H and O–H groups in total. The van der Waals surface area contributed by atoms with Gasteiger partial charge in [-0.05, 0) is 29.6 Å². The largest absolute Gasteiger partial charge is 0.359 e. The standard InChI is InChI=1S/C13H9ClFNOS/c14-9-3-4-11(10(15)8-9)16-6-5-12(17)13-2-1-7-18-13/h1-8,16H/b6-5-. The molecule has 0 fully saturated rings. The Morgan fingerprint density at radius 1 is 1.39 bits per heavy atom. The second-order valence-corrected chi connectivity index (χ2v) is 4.83. The van der Waals surface area contributed by atoms with Crippen LogP contribution in [0.2, 0.25) is 5.02 Å². The molecule has 2 rings (SSSR count). The summed E-state index contributed by atoms with van der Waals surface area (Å²) in [5, 5.41) is 4.86. The van der Waals surface area contributed by atoms with Crippen LogP contribution in [-0.2, 0) is 0 Å². The van der Waals surface area contributed by atoms with E-state index in [2.05, 4.69) is 5.32 Å². The third kappa shape index (κ3) is 3.18. The number of allylic oxidation sites excluding steroid dienone is 1. The predicted octanol–water partition coefficient (Wildman–Crippen LogP) is 4.35. The number of carbonyl (C=O) groups excluding carboxylic acids is 1. The van der Waals surface area contributed by atoms with Crippen LogP contribution in [0.1, 0.15) is 9.67 Å². The molecule has 0 saturated heterocycles. The Hall–Kier alpha value is -1.65. The van der Waals surface area contributed by atoms with E-state index >= 15 is 0 Å². The number of rotatable bonds is 4. The summed E-state index contributed by atoms with van der Waals surface area (Å²) in [6.07, 6.45) is 2.77. The first-order valence-corrected chi connectivity index (χ1v) is 6.38. The molecular formula is C13H9ClFNOS. The van der Waals surface area contributed by atoms with Gasteiger partial charge in [0.1, 0.15) is 5.82 Å². The molecule has 0 aliphatic heterocycles. The Morgan fingerprint density at radius 2 is 2.22 bits per heavy atom. The zero-order valence-corrected chi connectivity index (χ0v) is 10.8. The van der Waals surface area contributed by atoms with Crippen molar-refractivity contribution in [3.05, 3.63) is 63.7 Å². The maximum Gasteiger partial charge on any atom is 0.197 e. The number of nitrogens with one attached hydrogen (secondary N) is 1. The van der Waals surface area contributed by atoms with E-state index in [0.29, 0.717) is 9.90 Å². The topological polar surface area (TPSA) is 29.1 Å². The van der Waals surface area contributed by atoms with Gasteiger partial charge in [-0.2, -0.15) is 0 Å². The van der Waals surface area contributed by atoms with Gasteiger partial charge >= 0.3 is 0 Å². The van der Waals surface area contributed by atoms with Crippen molar-refractivity contribution in [2.75, 3.05) is 5.32 Å². The lowest BCUT2D eigenvalue weighted by Gasteiger charge is -2.02. The zero-order chi connectivity index (χ0) is 13.0. The van der Waals surface area contributed by atoms with Gasteiger partial charge in [0.2, 0.25) is 0 Å². The van der Waals surface area contributed by atoms with Gasteiger partial charge in [0.15, 0.2) is 5.78 Å². The summed E-state index contributed by atoms with van der Waals surface area (Å²) in [6, 6.07) is 7.83. The summed E-state index contributed by atoms with van der Waals surface area (Å²) < 4.78 is 13.4. The lowest BCUT2D eigenvalue weighted by molar-refractivity contribution is 0.105. The first-order valence-electron chi connectivity index (χ1n) is 5.13. The Labute approximate surface area is 113 Å². The highest BCUT2D eigenvalue weighted by Gasteiger charge is 2.03. The fourth-order valence-corrected chi connectivity index (χ4v) is 2.12. The van der Waals surface area contributed by atoms with Crippen molar-refractivity contribution in [2.45, 2.75) is 0 Å².